The lowest BCUT2D eigenvalue weighted by Crippen LogP contribution is -2.26. The summed E-state index contributed by atoms with van der Waals surface area (Å²) >= 11 is 0. The first-order chi connectivity index (χ1) is 22.8. The van der Waals surface area contributed by atoms with Crippen LogP contribution < -0.4 is 10.6 Å². The summed E-state index contributed by atoms with van der Waals surface area (Å²) in [6, 6.07) is 63.8. The number of pyridine rings is 1. The fraction of sp³-hybridized carbons (Fsp3) is 0.0465. The third-order valence-corrected chi connectivity index (χ3v) is 8.32. The molecule has 3 nitrogen and oxygen atoms in total. The maximum atomic E-state index is 4.63. The summed E-state index contributed by atoms with van der Waals surface area (Å²) in [6.45, 7) is 0. The van der Waals surface area contributed by atoms with Gasteiger partial charge in [0.2, 0.25) is 0 Å². The SMILES string of the molecule is c1ccc(-c2cc(-c3ccccc3)cc(-c3ccccc3N[C@@H](c3ccccc3)[C@@H](Nc3ccccn3)c3ccccc3)c2)cc1. The fourth-order valence-electron chi connectivity index (χ4n) is 6.05. The van der Waals surface area contributed by atoms with Crippen LogP contribution in [0.15, 0.2) is 188 Å². The van der Waals surface area contributed by atoms with Crippen molar-refractivity contribution in [1.29, 1.82) is 0 Å². The molecule has 6 aromatic carbocycles. The number of anilines is 2. The molecule has 46 heavy (non-hydrogen) atoms. The highest BCUT2D eigenvalue weighted by molar-refractivity contribution is 5.86. The number of benzene rings is 6. The van der Waals surface area contributed by atoms with E-state index in [2.05, 4.69) is 179 Å². The lowest BCUT2D eigenvalue weighted by molar-refractivity contribution is 0.647. The number of aromatic nitrogens is 1. The number of hydrogen-bond acceptors (Lipinski definition) is 3. The van der Waals surface area contributed by atoms with Crippen LogP contribution in [-0.2, 0) is 0 Å². The minimum atomic E-state index is -0.113. The average molecular weight is 594 g/mol. The molecule has 0 aliphatic carbocycles. The van der Waals surface area contributed by atoms with Crippen molar-refractivity contribution < 1.29 is 0 Å². The maximum absolute atomic E-state index is 4.63. The molecule has 3 heteroatoms. The second kappa shape index (κ2) is 13.8. The van der Waals surface area contributed by atoms with Crippen molar-refractivity contribution in [2.75, 3.05) is 10.6 Å². The Bertz CT molecular complexity index is 1920. The van der Waals surface area contributed by atoms with Gasteiger partial charge in [0.05, 0.1) is 12.1 Å². The van der Waals surface area contributed by atoms with Crippen LogP contribution in [0.4, 0.5) is 11.5 Å². The first-order valence-electron chi connectivity index (χ1n) is 15.7. The molecule has 2 atom stereocenters. The van der Waals surface area contributed by atoms with Gasteiger partial charge in [-0.15, -0.1) is 0 Å². The van der Waals surface area contributed by atoms with Crippen LogP contribution in [0.2, 0.25) is 0 Å². The highest BCUT2D eigenvalue weighted by atomic mass is 15.1. The highest BCUT2D eigenvalue weighted by Gasteiger charge is 2.26. The topological polar surface area (TPSA) is 37.0 Å². The van der Waals surface area contributed by atoms with Gasteiger partial charge in [-0.25, -0.2) is 4.98 Å². The molecule has 1 aromatic heterocycles. The van der Waals surface area contributed by atoms with Crippen LogP contribution in [0.1, 0.15) is 23.2 Å². The Hall–Kier alpha value is -5.93. The highest BCUT2D eigenvalue weighted by Crippen LogP contribution is 2.40. The fourth-order valence-corrected chi connectivity index (χ4v) is 6.05. The van der Waals surface area contributed by atoms with E-state index < -0.39 is 0 Å². The van der Waals surface area contributed by atoms with Crippen LogP contribution in [-0.4, -0.2) is 4.98 Å². The third-order valence-electron chi connectivity index (χ3n) is 8.32. The second-order valence-electron chi connectivity index (χ2n) is 11.4. The smallest absolute Gasteiger partial charge is 0.126 e. The van der Waals surface area contributed by atoms with E-state index in [4.69, 9.17) is 0 Å². The molecule has 0 fully saturated rings. The van der Waals surface area contributed by atoms with E-state index in [1.165, 1.54) is 33.4 Å². The molecule has 7 rings (SSSR count). The Morgan fingerprint density at radius 1 is 0.370 bits per heavy atom. The van der Waals surface area contributed by atoms with Gasteiger partial charge in [0.1, 0.15) is 5.82 Å². The lowest BCUT2D eigenvalue weighted by Gasteiger charge is -2.32. The molecule has 2 N–H and O–H groups in total. The Balaban J connectivity index is 1.35. The lowest BCUT2D eigenvalue weighted by atomic mass is 9.91. The van der Waals surface area contributed by atoms with Crippen molar-refractivity contribution in [3.63, 3.8) is 0 Å². The van der Waals surface area contributed by atoms with E-state index in [1.807, 2.05) is 24.4 Å². The van der Waals surface area contributed by atoms with E-state index in [-0.39, 0.29) is 12.1 Å². The summed E-state index contributed by atoms with van der Waals surface area (Å²) in [5.74, 6) is 0.829. The van der Waals surface area contributed by atoms with E-state index in [9.17, 15) is 0 Å². The quantitative estimate of drug-likeness (QED) is 0.166. The first-order valence-corrected chi connectivity index (χ1v) is 15.7. The normalized spacial score (nSPS) is 12.2. The summed E-state index contributed by atoms with van der Waals surface area (Å²) in [7, 11) is 0. The molecule has 0 saturated carbocycles. The van der Waals surface area contributed by atoms with E-state index >= 15 is 0 Å². The van der Waals surface area contributed by atoms with Crippen molar-refractivity contribution in [3.8, 4) is 33.4 Å². The van der Waals surface area contributed by atoms with Crippen LogP contribution in [0, 0.1) is 0 Å². The minimum absolute atomic E-state index is 0.109. The Morgan fingerprint density at radius 3 is 1.37 bits per heavy atom. The van der Waals surface area contributed by atoms with Crippen molar-refractivity contribution in [2.45, 2.75) is 12.1 Å². The van der Waals surface area contributed by atoms with E-state index in [1.54, 1.807) is 0 Å². The molecule has 1 heterocycles. The third kappa shape index (κ3) is 6.59. The predicted molar refractivity (Wildman–Crippen MR) is 193 cm³/mol. The van der Waals surface area contributed by atoms with Crippen molar-refractivity contribution in [1.82, 2.24) is 4.98 Å². The van der Waals surface area contributed by atoms with Gasteiger partial charge in [-0.1, -0.05) is 146 Å². The molecule has 0 spiro atoms. The number of hydrogen-bond donors (Lipinski definition) is 2. The summed E-state index contributed by atoms with van der Waals surface area (Å²) in [6.07, 6.45) is 1.83. The molecular formula is C43H35N3. The van der Waals surface area contributed by atoms with Gasteiger partial charge in [-0.2, -0.15) is 0 Å². The Morgan fingerprint density at radius 2 is 0.826 bits per heavy atom. The standard InChI is InChI=1S/C43H35N3/c1-5-17-32(18-6-1)36-29-37(33-19-7-2-8-20-33)31-38(30-36)39-25-13-14-26-40(39)45-42(34-21-9-3-10-22-34)43(35-23-11-4-12-24-35)46-41-27-15-16-28-44-41/h1-31,42-43,45H,(H,44,46)/t42-,43-/m0/s1. The molecule has 0 aliphatic rings. The summed E-state index contributed by atoms with van der Waals surface area (Å²) < 4.78 is 0. The van der Waals surface area contributed by atoms with Gasteiger partial charge in [-0.3, -0.25) is 0 Å². The summed E-state index contributed by atoms with van der Waals surface area (Å²) in [4.78, 5) is 4.63. The van der Waals surface area contributed by atoms with Gasteiger partial charge >= 0.3 is 0 Å². The molecule has 0 saturated heterocycles. The first kappa shape index (κ1) is 28.8. The van der Waals surface area contributed by atoms with Gasteiger partial charge in [0.25, 0.3) is 0 Å². The minimum Gasteiger partial charge on any atom is -0.375 e. The molecule has 0 bridgehead atoms. The average Bonchev–Trinajstić information content (AvgIpc) is 3.15. The zero-order valence-electron chi connectivity index (χ0n) is 25.5. The zero-order valence-corrected chi connectivity index (χ0v) is 25.5. The van der Waals surface area contributed by atoms with Crippen LogP contribution in [0.5, 0.6) is 0 Å². The number of para-hydroxylation sites is 1. The summed E-state index contributed by atoms with van der Waals surface area (Å²) in [5.41, 5.74) is 10.5. The molecule has 7 aromatic rings. The maximum Gasteiger partial charge on any atom is 0.126 e. The summed E-state index contributed by atoms with van der Waals surface area (Å²) in [5, 5.41) is 7.77. The molecular weight excluding hydrogens is 558 g/mol. The molecule has 0 amide bonds. The van der Waals surface area contributed by atoms with Crippen molar-refractivity contribution >= 4 is 11.5 Å². The van der Waals surface area contributed by atoms with Gasteiger partial charge < -0.3 is 10.6 Å². The number of nitrogens with zero attached hydrogens (tertiary/aromatic N) is 1. The van der Waals surface area contributed by atoms with Crippen molar-refractivity contribution in [2.24, 2.45) is 0 Å². The van der Waals surface area contributed by atoms with Gasteiger partial charge in [0, 0.05) is 17.4 Å². The van der Waals surface area contributed by atoms with E-state index in [0.29, 0.717) is 0 Å². The largest absolute Gasteiger partial charge is 0.375 e. The second-order valence-corrected chi connectivity index (χ2v) is 11.4. The van der Waals surface area contributed by atoms with Gasteiger partial charge in [0.15, 0.2) is 0 Å². The monoisotopic (exact) mass is 593 g/mol. The molecule has 0 radical (unpaired) electrons. The van der Waals surface area contributed by atoms with Gasteiger partial charge in [-0.05, 0) is 75.3 Å². The number of rotatable bonds is 10. The molecule has 0 aliphatic heterocycles. The van der Waals surface area contributed by atoms with Crippen LogP contribution in [0.3, 0.4) is 0 Å². The van der Waals surface area contributed by atoms with Crippen LogP contribution >= 0.6 is 0 Å². The van der Waals surface area contributed by atoms with E-state index in [0.717, 1.165) is 22.6 Å². The van der Waals surface area contributed by atoms with Crippen LogP contribution in [0.25, 0.3) is 33.4 Å². The number of nitrogens with one attached hydrogen (secondary N) is 2. The predicted octanol–water partition coefficient (Wildman–Crippen LogP) is 11.1. The van der Waals surface area contributed by atoms with Crippen molar-refractivity contribution in [3.05, 3.63) is 199 Å². The Labute approximate surface area is 271 Å². The molecule has 0 unspecified atom stereocenters. The molecule has 222 valence electrons. The zero-order chi connectivity index (χ0) is 31.0. The Kier molecular flexibility index (Phi) is 8.64.